The van der Waals surface area contributed by atoms with E-state index >= 15 is 0 Å². The standard InChI is InChI=1S/C18H20N2O4S/c1-3-12-19-18(21)15-6-10-17(11-7-15)25(22,23)20-13-14-4-8-16(24-2)9-5-14/h3-11,20H,1,12-13H2,2H3,(H,19,21). The third-order valence-corrected chi connectivity index (χ3v) is 4.88. The number of carbonyl (C=O) groups is 1. The van der Waals surface area contributed by atoms with Crippen LogP contribution in [0.4, 0.5) is 0 Å². The first kappa shape index (κ1) is 18.7. The molecule has 6 nitrogen and oxygen atoms in total. The lowest BCUT2D eigenvalue weighted by Gasteiger charge is -2.08. The van der Waals surface area contributed by atoms with Crippen molar-refractivity contribution in [3.63, 3.8) is 0 Å². The van der Waals surface area contributed by atoms with Gasteiger partial charge in [0.1, 0.15) is 5.75 Å². The maximum atomic E-state index is 12.3. The first-order valence-electron chi connectivity index (χ1n) is 7.58. The number of benzene rings is 2. The molecule has 2 aromatic rings. The third kappa shape index (κ3) is 5.17. The molecular weight excluding hydrogens is 340 g/mol. The molecule has 0 aliphatic carbocycles. The number of carbonyl (C=O) groups excluding carboxylic acids is 1. The van der Waals surface area contributed by atoms with Gasteiger partial charge in [-0.25, -0.2) is 13.1 Å². The average Bonchev–Trinajstić information content (AvgIpc) is 2.65. The molecule has 0 bridgehead atoms. The van der Waals surface area contributed by atoms with Crippen LogP contribution in [0.5, 0.6) is 5.75 Å². The summed E-state index contributed by atoms with van der Waals surface area (Å²) in [6, 6.07) is 12.8. The molecule has 0 aliphatic heterocycles. The summed E-state index contributed by atoms with van der Waals surface area (Å²) in [5.74, 6) is 0.423. The van der Waals surface area contributed by atoms with Gasteiger partial charge in [0.05, 0.1) is 12.0 Å². The molecule has 0 aromatic heterocycles. The molecular formula is C18H20N2O4S. The summed E-state index contributed by atoms with van der Waals surface area (Å²) < 4.78 is 32.3. The Bertz CT molecular complexity index is 828. The zero-order valence-corrected chi connectivity index (χ0v) is 14.7. The van der Waals surface area contributed by atoms with E-state index in [2.05, 4.69) is 16.6 Å². The molecule has 1 amide bonds. The van der Waals surface area contributed by atoms with E-state index < -0.39 is 10.0 Å². The molecule has 2 N–H and O–H groups in total. The highest BCUT2D eigenvalue weighted by Gasteiger charge is 2.14. The fourth-order valence-electron chi connectivity index (χ4n) is 2.06. The minimum absolute atomic E-state index is 0.0984. The largest absolute Gasteiger partial charge is 0.497 e. The molecule has 0 heterocycles. The van der Waals surface area contributed by atoms with Gasteiger partial charge in [0.25, 0.3) is 5.91 Å². The number of ether oxygens (including phenoxy) is 1. The molecule has 0 unspecified atom stereocenters. The smallest absolute Gasteiger partial charge is 0.251 e. The van der Waals surface area contributed by atoms with Gasteiger partial charge in [-0.2, -0.15) is 0 Å². The Hall–Kier alpha value is -2.64. The Morgan fingerprint density at radius 2 is 1.76 bits per heavy atom. The molecule has 132 valence electrons. The summed E-state index contributed by atoms with van der Waals surface area (Å²) in [5, 5.41) is 2.63. The van der Waals surface area contributed by atoms with Crippen LogP contribution in [0.1, 0.15) is 15.9 Å². The molecule has 0 saturated carbocycles. The van der Waals surface area contributed by atoms with Gasteiger partial charge in [0, 0.05) is 18.7 Å². The lowest BCUT2D eigenvalue weighted by Crippen LogP contribution is -2.24. The van der Waals surface area contributed by atoms with Gasteiger partial charge < -0.3 is 10.1 Å². The van der Waals surface area contributed by atoms with Gasteiger partial charge in [0.15, 0.2) is 0 Å². The summed E-state index contributed by atoms with van der Waals surface area (Å²) >= 11 is 0. The van der Waals surface area contributed by atoms with Gasteiger partial charge in [-0.15, -0.1) is 6.58 Å². The first-order valence-corrected chi connectivity index (χ1v) is 9.06. The Labute approximate surface area is 147 Å². The minimum Gasteiger partial charge on any atom is -0.497 e. The normalized spacial score (nSPS) is 10.9. The van der Waals surface area contributed by atoms with E-state index in [-0.39, 0.29) is 17.3 Å². The predicted octanol–water partition coefficient (Wildman–Crippen LogP) is 2.09. The molecule has 2 aromatic carbocycles. The van der Waals surface area contributed by atoms with Crippen LogP contribution >= 0.6 is 0 Å². The van der Waals surface area contributed by atoms with Gasteiger partial charge in [-0.3, -0.25) is 4.79 Å². The van der Waals surface area contributed by atoms with E-state index in [1.807, 2.05) is 0 Å². The number of sulfonamides is 1. The van der Waals surface area contributed by atoms with Crippen LogP contribution in [0, 0.1) is 0 Å². The van der Waals surface area contributed by atoms with E-state index in [0.717, 1.165) is 5.56 Å². The van der Waals surface area contributed by atoms with E-state index in [0.29, 0.717) is 17.9 Å². The van der Waals surface area contributed by atoms with Crippen LogP contribution in [-0.4, -0.2) is 28.0 Å². The zero-order valence-electron chi connectivity index (χ0n) is 13.9. The predicted molar refractivity (Wildman–Crippen MR) is 96.0 cm³/mol. The number of methoxy groups -OCH3 is 1. The molecule has 2 rings (SSSR count). The van der Waals surface area contributed by atoms with Crippen LogP contribution in [-0.2, 0) is 16.6 Å². The summed E-state index contributed by atoms with van der Waals surface area (Å²) in [4.78, 5) is 11.9. The highest BCUT2D eigenvalue weighted by molar-refractivity contribution is 7.89. The van der Waals surface area contributed by atoms with Crippen molar-refractivity contribution in [2.75, 3.05) is 13.7 Å². The zero-order chi connectivity index (χ0) is 18.3. The maximum absolute atomic E-state index is 12.3. The van der Waals surface area contributed by atoms with Crippen molar-refractivity contribution in [3.05, 3.63) is 72.3 Å². The highest BCUT2D eigenvalue weighted by Crippen LogP contribution is 2.14. The molecule has 0 aliphatic rings. The maximum Gasteiger partial charge on any atom is 0.251 e. The molecule has 0 spiro atoms. The quantitative estimate of drug-likeness (QED) is 0.706. The lowest BCUT2D eigenvalue weighted by molar-refractivity contribution is 0.0958. The second-order valence-corrected chi connectivity index (χ2v) is 6.96. The van der Waals surface area contributed by atoms with Crippen molar-refractivity contribution in [3.8, 4) is 5.75 Å². The number of nitrogens with one attached hydrogen (secondary N) is 2. The topological polar surface area (TPSA) is 84.5 Å². The molecule has 0 saturated heterocycles. The SMILES string of the molecule is C=CCNC(=O)c1ccc(S(=O)(=O)NCc2ccc(OC)cc2)cc1. The van der Waals surface area contributed by atoms with Crippen LogP contribution in [0.25, 0.3) is 0 Å². The number of rotatable bonds is 8. The highest BCUT2D eigenvalue weighted by atomic mass is 32.2. The van der Waals surface area contributed by atoms with Gasteiger partial charge in [-0.1, -0.05) is 18.2 Å². The second-order valence-electron chi connectivity index (χ2n) is 5.20. The summed E-state index contributed by atoms with van der Waals surface area (Å²) in [6.45, 7) is 4.03. The second kappa shape index (κ2) is 8.46. The van der Waals surface area contributed by atoms with Crippen LogP contribution in [0.3, 0.4) is 0 Å². The summed E-state index contributed by atoms with van der Waals surface area (Å²) in [5.41, 5.74) is 1.20. The van der Waals surface area contributed by atoms with E-state index in [1.54, 1.807) is 37.5 Å². The van der Waals surface area contributed by atoms with Gasteiger partial charge in [-0.05, 0) is 42.0 Å². The Morgan fingerprint density at radius 3 is 2.32 bits per heavy atom. The fraction of sp³-hybridized carbons (Fsp3) is 0.167. The van der Waals surface area contributed by atoms with Crippen molar-refractivity contribution < 1.29 is 17.9 Å². The van der Waals surface area contributed by atoms with Crippen LogP contribution < -0.4 is 14.8 Å². The summed E-state index contributed by atoms with van der Waals surface area (Å²) in [7, 11) is -2.09. The third-order valence-electron chi connectivity index (χ3n) is 3.46. The fourth-order valence-corrected chi connectivity index (χ4v) is 3.08. The molecule has 25 heavy (non-hydrogen) atoms. The Kier molecular flexibility index (Phi) is 6.32. The molecule has 7 heteroatoms. The van der Waals surface area contributed by atoms with E-state index in [9.17, 15) is 13.2 Å². The van der Waals surface area contributed by atoms with Gasteiger partial charge >= 0.3 is 0 Å². The summed E-state index contributed by atoms with van der Waals surface area (Å²) in [6.07, 6.45) is 1.57. The molecule has 0 fully saturated rings. The van der Waals surface area contributed by atoms with Crippen molar-refractivity contribution in [2.24, 2.45) is 0 Å². The lowest BCUT2D eigenvalue weighted by atomic mass is 10.2. The van der Waals surface area contributed by atoms with Crippen molar-refractivity contribution in [1.29, 1.82) is 0 Å². The van der Waals surface area contributed by atoms with E-state index in [1.165, 1.54) is 24.3 Å². The monoisotopic (exact) mass is 360 g/mol. The van der Waals surface area contributed by atoms with Crippen LogP contribution in [0.15, 0.2) is 66.1 Å². The first-order chi connectivity index (χ1) is 12.0. The average molecular weight is 360 g/mol. The number of amides is 1. The number of hydrogen-bond donors (Lipinski definition) is 2. The van der Waals surface area contributed by atoms with Crippen molar-refractivity contribution in [1.82, 2.24) is 10.0 Å². The van der Waals surface area contributed by atoms with Crippen molar-refractivity contribution >= 4 is 15.9 Å². The van der Waals surface area contributed by atoms with Crippen molar-refractivity contribution in [2.45, 2.75) is 11.4 Å². The number of hydrogen-bond acceptors (Lipinski definition) is 4. The Morgan fingerprint density at radius 1 is 1.12 bits per heavy atom. The molecule has 0 atom stereocenters. The minimum atomic E-state index is -3.66. The van der Waals surface area contributed by atoms with Crippen LogP contribution in [0.2, 0.25) is 0 Å². The molecule has 0 radical (unpaired) electrons. The van der Waals surface area contributed by atoms with E-state index in [4.69, 9.17) is 4.74 Å². The van der Waals surface area contributed by atoms with Gasteiger partial charge in [0.2, 0.25) is 10.0 Å². The Balaban J connectivity index is 2.03.